The van der Waals surface area contributed by atoms with Gasteiger partial charge >= 0.3 is 12.0 Å². The summed E-state index contributed by atoms with van der Waals surface area (Å²) in [6, 6.07) is 15.5. The predicted octanol–water partition coefficient (Wildman–Crippen LogP) is 3.31. The zero-order valence-corrected chi connectivity index (χ0v) is 15.4. The van der Waals surface area contributed by atoms with Gasteiger partial charge in [0.2, 0.25) is 0 Å². The number of anilines is 1. The number of benzene rings is 2. The van der Waals surface area contributed by atoms with Gasteiger partial charge in [-0.1, -0.05) is 36.4 Å². The second-order valence-electron chi connectivity index (χ2n) is 6.82. The van der Waals surface area contributed by atoms with Crippen molar-refractivity contribution in [3.05, 3.63) is 65.7 Å². The Morgan fingerprint density at radius 3 is 2.46 bits per heavy atom. The molecule has 0 aromatic heterocycles. The first kappa shape index (κ1) is 19.4. The lowest BCUT2D eigenvalue weighted by Gasteiger charge is -2.19. The van der Waals surface area contributed by atoms with E-state index in [9.17, 15) is 14.4 Å². The van der Waals surface area contributed by atoms with Crippen LogP contribution in [0.2, 0.25) is 0 Å². The molecule has 3 amide bonds. The van der Waals surface area contributed by atoms with Crippen LogP contribution in [0.3, 0.4) is 0 Å². The number of amides is 3. The second kappa shape index (κ2) is 9.03. The van der Waals surface area contributed by atoms with E-state index in [1.807, 2.05) is 30.3 Å². The highest BCUT2D eigenvalue weighted by Crippen LogP contribution is 2.21. The van der Waals surface area contributed by atoms with E-state index >= 15 is 0 Å². The van der Waals surface area contributed by atoms with E-state index in [-0.39, 0.29) is 30.8 Å². The Kier molecular flexibility index (Phi) is 6.26. The minimum Gasteiger partial charge on any atom is -0.481 e. The highest BCUT2D eigenvalue weighted by molar-refractivity contribution is 5.97. The lowest BCUT2D eigenvalue weighted by Crippen LogP contribution is -2.31. The fourth-order valence-electron chi connectivity index (χ4n) is 2.84. The van der Waals surface area contributed by atoms with Crippen LogP contribution >= 0.6 is 0 Å². The van der Waals surface area contributed by atoms with Gasteiger partial charge in [0.05, 0.1) is 6.04 Å². The van der Waals surface area contributed by atoms with E-state index in [4.69, 9.17) is 5.11 Å². The third-order valence-corrected chi connectivity index (χ3v) is 4.45. The first-order valence-electron chi connectivity index (χ1n) is 9.26. The van der Waals surface area contributed by atoms with Gasteiger partial charge < -0.3 is 21.1 Å². The van der Waals surface area contributed by atoms with E-state index in [2.05, 4.69) is 16.0 Å². The summed E-state index contributed by atoms with van der Waals surface area (Å²) in [5, 5.41) is 17.4. The Hall–Kier alpha value is -3.35. The van der Waals surface area contributed by atoms with E-state index in [0.29, 0.717) is 11.3 Å². The molecule has 1 saturated carbocycles. The Morgan fingerprint density at radius 2 is 1.79 bits per heavy atom. The summed E-state index contributed by atoms with van der Waals surface area (Å²) in [5.41, 5.74) is 1.75. The van der Waals surface area contributed by atoms with Crippen LogP contribution in [0.1, 0.15) is 47.6 Å². The normalized spacial score (nSPS) is 14.0. The first-order chi connectivity index (χ1) is 13.5. The molecule has 146 valence electrons. The average Bonchev–Trinajstić information content (AvgIpc) is 3.49. The maximum absolute atomic E-state index is 12.7. The standard InChI is InChI=1S/C21H23N3O4/c25-19(26)12-11-18(14-5-2-1-3-6-14)24-20(27)15-7-4-8-17(13-15)23-21(28)22-16-9-10-16/h1-8,13,16,18H,9-12H2,(H,24,27)(H,25,26)(H2,22,23,28). The van der Waals surface area contributed by atoms with Gasteiger partial charge in [-0.2, -0.15) is 0 Å². The van der Waals surface area contributed by atoms with Crippen LogP contribution in [0.25, 0.3) is 0 Å². The Bertz CT molecular complexity index is 850. The minimum absolute atomic E-state index is 0.0528. The second-order valence-corrected chi connectivity index (χ2v) is 6.82. The molecule has 1 aliphatic carbocycles. The number of carboxylic acids is 1. The summed E-state index contributed by atoms with van der Waals surface area (Å²) in [5.74, 6) is -1.24. The van der Waals surface area contributed by atoms with Gasteiger partial charge in [0, 0.05) is 23.7 Å². The van der Waals surface area contributed by atoms with E-state index in [1.54, 1.807) is 24.3 Å². The smallest absolute Gasteiger partial charge is 0.319 e. The molecule has 0 saturated heterocycles. The van der Waals surface area contributed by atoms with Crippen LogP contribution in [-0.2, 0) is 4.79 Å². The van der Waals surface area contributed by atoms with Crippen molar-refractivity contribution in [1.82, 2.24) is 10.6 Å². The third kappa shape index (κ3) is 5.84. The largest absolute Gasteiger partial charge is 0.481 e. The molecule has 1 aliphatic rings. The monoisotopic (exact) mass is 381 g/mol. The molecule has 2 aromatic carbocycles. The number of carbonyl (C=O) groups is 3. The van der Waals surface area contributed by atoms with Gasteiger partial charge in [0.15, 0.2) is 0 Å². The zero-order valence-electron chi connectivity index (χ0n) is 15.4. The lowest BCUT2D eigenvalue weighted by atomic mass is 10.0. The number of urea groups is 1. The van der Waals surface area contributed by atoms with Crippen LogP contribution in [-0.4, -0.2) is 29.1 Å². The predicted molar refractivity (Wildman–Crippen MR) is 105 cm³/mol. The Labute approximate surface area is 163 Å². The number of hydrogen-bond donors (Lipinski definition) is 4. The molecule has 1 unspecified atom stereocenters. The molecule has 1 fully saturated rings. The highest BCUT2D eigenvalue weighted by Gasteiger charge is 2.23. The molecule has 0 radical (unpaired) electrons. The van der Waals surface area contributed by atoms with Gasteiger partial charge in [-0.15, -0.1) is 0 Å². The van der Waals surface area contributed by atoms with Crippen molar-refractivity contribution in [2.75, 3.05) is 5.32 Å². The van der Waals surface area contributed by atoms with E-state index in [1.165, 1.54) is 0 Å². The van der Waals surface area contributed by atoms with Crippen LogP contribution < -0.4 is 16.0 Å². The maximum atomic E-state index is 12.7. The Balaban J connectivity index is 1.67. The number of aliphatic carboxylic acids is 1. The van der Waals surface area contributed by atoms with Gasteiger partial charge in [-0.25, -0.2) is 4.79 Å². The quantitative estimate of drug-likeness (QED) is 0.563. The van der Waals surface area contributed by atoms with E-state index in [0.717, 1.165) is 18.4 Å². The molecule has 28 heavy (non-hydrogen) atoms. The van der Waals surface area contributed by atoms with Crippen molar-refractivity contribution in [1.29, 1.82) is 0 Å². The molecule has 7 nitrogen and oxygen atoms in total. The molecule has 0 spiro atoms. The van der Waals surface area contributed by atoms with Crippen LogP contribution in [0.15, 0.2) is 54.6 Å². The van der Waals surface area contributed by atoms with Crippen LogP contribution in [0, 0.1) is 0 Å². The summed E-state index contributed by atoms with van der Waals surface area (Å²) < 4.78 is 0. The Morgan fingerprint density at radius 1 is 1.04 bits per heavy atom. The molecule has 3 rings (SSSR count). The van der Waals surface area contributed by atoms with Gasteiger partial charge in [0.25, 0.3) is 5.91 Å². The van der Waals surface area contributed by atoms with E-state index < -0.39 is 12.0 Å². The van der Waals surface area contributed by atoms with Gasteiger partial charge in [-0.05, 0) is 43.0 Å². The molecular formula is C21H23N3O4. The SMILES string of the molecule is O=C(O)CCC(NC(=O)c1cccc(NC(=O)NC2CC2)c1)c1ccccc1. The molecule has 0 aliphatic heterocycles. The summed E-state index contributed by atoms with van der Waals surface area (Å²) >= 11 is 0. The number of carboxylic acid groups (broad SMARTS) is 1. The summed E-state index contributed by atoms with van der Waals surface area (Å²) in [4.78, 5) is 35.5. The molecule has 4 N–H and O–H groups in total. The van der Waals surface area contributed by atoms with Crippen molar-refractivity contribution in [2.24, 2.45) is 0 Å². The summed E-state index contributed by atoms with van der Waals surface area (Å²) in [6.45, 7) is 0. The van der Waals surface area contributed by atoms with Crippen molar-refractivity contribution >= 4 is 23.6 Å². The van der Waals surface area contributed by atoms with Crippen molar-refractivity contribution < 1.29 is 19.5 Å². The fraction of sp³-hybridized carbons (Fsp3) is 0.286. The van der Waals surface area contributed by atoms with Crippen LogP contribution in [0.5, 0.6) is 0 Å². The molecular weight excluding hydrogens is 358 g/mol. The molecule has 0 heterocycles. The lowest BCUT2D eigenvalue weighted by molar-refractivity contribution is -0.137. The van der Waals surface area contributed by atoms with Gasteiger partial charge in [-0.3, -0.25) is 9.59 Å². The molecule has 7 heteroatoms. The zero-order chi connectivity index (χ0) is 19.9. The minimum atomic E-state index is -0.914. The highest BCUT2D eigenvalue weighted by atomic mass is 16.4. The number of hydrogen-bond acceptors (Lipinski definition) is 3. The summed E-state index contributed by atoms with van der Waals surface area (Å²) in [7, 11) is 0. The first-order valence-corrected chi connectivity index (χ1v) is 9.26. The molecule has 1 atom stereocenters. The summed E-state index contributed by atoms with van der Waals surface area (Å²) in [6.07, 6.45) is 2.22. The average molecular weight is 381 g/mol. The fourth-order valence-corrected chi connectivity index (χ4v) is 2.84. The van der Waals surface area contributed by atoms with Crippen molar-refractivity contribution in [2.45, 2.75) is 37.8 Å². The number of nitrogens with one attached hydrogen (secondary N) is 3. The van der Waals surface area contributed by atoms with Crippen LogP contribution in [0.4, 0.5) is 10.5 Å². The topological polar surface area (TPSA) is 108 Å². The van der Waals surface area contributed by atoms with Crippen molar-refractivity contribution in [3.63, 3.8) is 0 Å². The number of carbonyl (C=O) groups excluding carboxylic acids is 2. The third-order valence-electron chi connectivity index (χ3n) is 4.45. The maximum Gasteiger partial charge on any atom is 0.319 e. The number of rotatable bonds is 8. The van der Waals surface area contributed by atoms with Crippen molar-refractivity contribution in [3.8, 4) is 0 Å². The molecule has 0 bridgehead atoms. The molecule has 2 aromatic rings. The van der Waals surface area contributed by atoms with Gasteiger partial charge in [0.1, 0.15) is 0 Å².